The van der Waals surface area contributed by atoms with E-state index in [2.05, 4.69) is 15.5 Å². The predicted molar refractivity (Wildman–Crippen MR) is 110 cm³/mol. The first-order chi connectivity index (χ1) is 14.1. The third kappa shape index (κ3) is 6.47. The monoisotopic (exact) mass is 419 g/mol. The molecule has 1 amide bonds. The zero-order chi connectivity index (χ0) is 22.3. The molecule has 9 heteroatoms. The summed E-state index contributed by atoms with van der Waals surface area (Å²) in [6.07, 6.45) is 0.0970. The van der Waals surface area contributed by atoms with Crippen LogP contribution in [0.15, 0.2) is 22.7 Å². The molecule has 0 saturated heterocycles. The Morgan fingerprint density at radius 3 is 2.53 bits per heavy atom. The van der Waals surface area contributed by atoms with Gasteiger partial charge in [0, 0.05) is 24.3 Å². The van der Waals surface area contributed by atoms with Gasteiger partial charge in [0.15, 0.2) is 11.9 Å². The molecule has 1 unspecified atom stereocenters. The molecule has 0 spiro atoms. The van der Waals surface area contributed by atoms with Gasteiger partial charge in [0.2, 0.25) is 5.89 Å². The molecule has 0 aliphatic carbocycles. The van der Waals surface area contributed by atoms with Crippen molar-refractivity contribution in [2.45, 2.75) is 58.5 Å². The lowest BCUT2D eigenvalue weighted by molar-refractivity contribution is -0.153. The number of hydrogen-bond donors (Lipinski definition) is 1. The van der Waals surface area contributed by atoms with E-state index in [1.54, 1.807) is 18.2 Å². The molecule has 164 valence electrons. The van der Waals surface area contributed by atoms with Gasteiger partial charge in [0.1, 0.15) is 11.5 Å². The van der Waals surface area contributed by atoms with E-state index < -0.39 is 18.0 Å². The number of nitrogens with one attached hydrogen (secondary N) is 1. The van der Waals surface area contributed by atoms with Gasteiger partial charge in [-0.1, -0.05) is 25.9 Å². The third-order valence-corrected chi connectivity index (χ3v) is 4.25. The second-order valence-corrected chi connectivity index (χ2v) is 7.80. The average molecular weight is 419 g/mol. The highest BCUT2D eigenvalue weighted by Crippen LogP contribution is 2.29. The van der Waals surface area contributed by atoms with E-state index in [1.807, 2.05) is 20.8 Å². The fourth-order valence-electron chi connectivity index (χ4n) is 2.50. The molecule has 9 nitrogen and oxygen atoms in total. The lowest BCUT2D eigenvalue weighted by Crippen LogP contribution is -2.30. The minimum atomic E-state index is -0.968. The van der Waals surface area contributed by atoms with Crippen LogP contribution in [0.25, 0.3) is 0 Å². The lowest BCUT2D eigenvalue weighted by Gasteiger charge is -2.15. The SMILES string of the molecule is COc1ccc(OC)c(NC(=O)C(C)OC(=O)CCCc2nc(C(C)(C)C)no2)c1. The van der Waals surface area contributed by atoms with Crippen molar-refractivity contribution < 1.29 is 28.3 Å². The van der Waals surface area contributed by atoms with Crippen LogP contribution in [-0.4, -0.2) is 42.3 Å². The van der Waals surface area contributed by atoms with Crippen LogP contribution in [0.3, 0.4) is 0 Å². The number of aryl methyl sites for hydroxylation is 1. The number of ether oxygens (including phenoxy) is 3. The van der Waals surface area contributed by atoms with Crippen LogP contribution in [0.4, 0.5) is 5.69 Å². The number of rotatable bonds is 9. The zero-order valence-corrected chi connectivity index (χ0v) is 18.3. The summed E-state index contributed by atoms with van der Waals surface area (Å²) in [5.41, 5.74) is 0.227. The van der Waals surface area contributed by atoms with E-state index in [-0.39, 0.29) is 11.8 Å². The molecule has 1 heterocycles. The summed E-state index contributed by atoms with van der Waals surface area (Å²) in [7, 11) is 3.02. The number of aromatic nitrogens is 2. The van der Waals surface area contributed by atoms with Crippen LogP contribution in [0.2, 0.25) is 0 Å². The Hall–Kier alpha value is -3.10. The van der Waals surface area contributed by atoms with E-state index in [0.717, 1.165) is 0 Å². The van der Waals surface area contributed by atoms with Gasteiger partial charge < -0.3 is 24.1 Å². The second-order valence-electron chi connectivity index (χ2n) is 7.80. The summed E-state index contributed by atoms with van der Waals surface area (Å²) in [4.78, 5) is 28.8. The Balaban J connectivity index is 1.82. The van der Waals surface area contributed by atoms with Crippen LogP contribution in [0.1, 0.15) is 52.3 Å². The lowest BCUT2D eigenvalue weighted by atomic mass is 9.96. The molecule has 0 radical (unpaired) electrons. The molecular weight excluding hydrogens is 390 g/mol. The van der Waals surface area contributed by atoms with Gasteiger partial charge >= 0.3 is 5.97 Å². The Labute approximate surface area is 176 Å². The topological polar surface area (TPSA) is 113 Å². The van der Waals surface area contributed by atoms with Crippen LogP contribution < -0.4 is 14.8 Å². The summed E-state index contributed by atoms with van der Waals surface area (Å²) in [6, 6.07) is 5.01. The Morgan fingerprint density at radius 2 is 1.93 bits per heavy atom. The van der Waals surface area contributed by atoms with E-state index in [0.29, 0.717) is 41.7 Å². The third-order valence-electron chi connectivity index (χ3n) is 4.25. The maximum absolute atomic E-state index is 12.4. The number of hydrogen-bond acceptors (Lipinski definition) is 8. The molecule has 30 heavy (non-hydrogen) atoms. The molecule has 0 aliphatic rings. The van der Waals surface area contributed by atoms with Gasteiger partial charge in [-0.05, 0) is 25.5 Å². The van der Waals surface area contributed by atoms with Crippen molar-refractivity contribution in [2.24, 2.45) is 0 Å². The summed E-state index contributed by atoms with van der Waals surface area (Å²) < 4.78 is 20.8. The molecule has 0 bridgehead atoms. The summed E-state index contributed by atoms with van der Waals surface area (Å²) >= 11 is 0. The Bertz CT molecular complexity index is 872. The van der Waals surface area contributed by atoms with Crippen molar-refractivity contribution in [3.63, 3.8) is 0 Å². The number of carbonyl (C=O) groups excluding carboxylic acids is 2. The van der Waals surface area contributed by atoms with Gasteiger partial charge in [-0.3, -0.25) is 9.59 Å². The van der Waals surface area contributed by atoms with Gasteiger partial charge in [-0.15, -0.1) is 0 Å². The maximum atomic E-state index is 12.4. The van der Waals surface area contributed by atoms with E-state index in [9.17, 15) is 9.59 Å². The molecule has 2 rings (SSSR count). The summed E-state index contributed by atoms with van der Waals surface area (Å²) in [5.74, 6) is 1.18. The average Bonchev–Trinajstić information content (AvgIpc) is 3.17. The van der Waals surface area contributed by atoms with Crippen molar-refractivity contribution in [1.82, 2.24) is 10.1 Å². The summed E-state index contributed by atoms with van der Waals surface area (Å²) in [6.45, 7) is 7.49. The first-order valence-electron chi connectivity index (χ1n) is 9.69. The minimum absolute atomic E-state index is 0.132. The van der Waals surface area contributed by atoms with Crippen LogP contribution in [0.5, 0.6) is 11.5 Å². The normalized spacial score (nSPS) is 12.2. The Morgan fingerprint density at radius 1 is 1.20 bits per heavy atom. The van der Waals surface area contributed by atoms with Gasteiger partial charge in [0.05, 0.1) is 19.9 Å². The highest BCUT2D eigenvalue weighted by molar-refractivity contribution is 5.96. The molecule has 1 aromatic carbocycles. The second kappa shape index (κ2) is 10.1. The quantitative estimate of drug-likeness (QED) is 0.616. The molecule has 1 N–H and O–H groups in total. The number of esters is 1. The smallest absolute Gasteiger partial charge is 0.306 e. The number of carbonyl (C=O) groups is 2. The molecule has 0 saturated carbocycles. The fourth-order valence-corrected chi connectivity index (χ4v) is 2.50. The van der Waals surface area contributed by atoms with Crippen molar-refractivity contribution in [1.29, 1.82) is 0 Å². The zero-order valence-electron chi connectivity index (χ0n) is 18.3. The number of anilines is 1. The van der Waals surface area contributed by atoms with E-state index in [4.69, 9.17) is 18.7 Å². The van der Waals surface area contributed by atoms with Gasteiger partial charge in [0.25, 0.3) is 5.91 Å². The molecule has 1 aromatic heterocycles. The standard InChI is InChI=1S/C21H29N3O6/c1-13(19(26)22-15-12-14(27-5)10-11-16(15)28-6)29-18(25)9-7-8-17-23-20(24-30-17)21(2,3)4/h10-13H,7-9H2,1-6H3,(H,22,26). The predicted octanol–water partition coefficient (Wildman–Crippen LogP) is 3.28. The van der Waals surface area contributed by atoms with Crippen molar-refractivity contribution >= 4 is 17.6 Å². The molecular formula is C21H29N3O6. The van der Waals surface area contributed by atoms with Crippen LogP contribution in [-0.2, 0) is 26.2 Å². The molecule has 0 aliphatic heterocycles. The highest BCUT2D eigenvalue weighted by atomic mass is 16.5. The maximum Gasteiger partial charge on any atom is 0.306 e. The molecule has 1 atom stereocenters. The fraction of sp³-hybridized carbons (Fsp3) is 0.524. The number of methoxy groups -OCH3 is 2. The van der Waals surface area contributed by atoms with E-state index >= 15 is 0 Å². The molecule has 2 aromatic rings. The molecule has 0 fully saturated rings. The highest BCUT2D eigenvalue weighted by Gasteiger charge is 2.22. The number of amides is 1. The number of benzene rings is 1. The summed E-state index contributed by atoms with van der Waals surface area (Å²) in [5, 5.41) is 6.63. The van der Waals surface area contributed by atoms with Gasteiger partial charge in [-0.25, -0.2) is 0 Å². The van der Waals surface area contributed by atoms with Crippen molar-refractivity contribution in [3.05, 3.63) is 29.9 Å². The van der Waals surface area contributed by atoms with Crippen LogP contribution in [0, 0.1) is 0 Å². The van der Waals surface area contributed by atoms with Crippen molar-refractivity contribution in [2.75, 3.05) is 19.5 Å². The minimum Gasteiger partial charge on any atom is -0.497 e. The van der Waals surface area contributed by atoms with E-state index in [1.165, 1.54) is 21.1 Å². The van der Waals surface area contributed by atoms with Gasteiger partial charge in [-0.2, -0.15) is 4.98 Å². The number of nitrogens with zero attached hydrogens (tertiary/aromatic N) is 2. The Kier molecular flexibility index (Phi) is 7.79. The van der Waals surface area contributed by atoms with Crippen molar-refractivity contribution in [3.8, 4) is 11.5 Å². The van der Waals surface area contributed by atoms with Crippen LogP contribution >= 0.6 is 0 Å². The largest absolute Gasteiger partial charge is 0.497 e. The first kappa shape index (κ1) is 23.2. The first-order valence-corrected chi connectivity index (χ1v) is 9.69.